The third-order valence-electron chi connectivity index (χ3n) is 5.02. The predicted octanol–water partition coefficient (Wildman–Crippen LogP) is 3.40. The Morgan fingerprint density at radius 1 is 1.19 bits per heavy atom. The number of hydrogen-bond acceptors (Lipinski definition) is 5. The molecule has 0 bridgehead atoms. The molecule has 0 spiro atoms. The van der Waals surface area contributed by atoms with Gasteiger partial charge in [0.1, 0.15) is 6.61 Å². The number of nitrogens with one attached hydrogen (secondary N) is 1. The summed E-state index contributed by atoms with van der Waals surface area (Å²) >= 11 is 0. The molecular weight excluding hydrogens is 344 g/mol. The summed E-state index contributed by atoms with van der Waals surface area (Å²) in [6.45, 7) is 1.15. The number of carboxylic acids is 1. The summed E-state index contributed by atoms with van der Waals surface area (Å²) in [4.78, 5) is 15.1. The fraction of sp³-hybridized carbons (Fsp3) is 0.429. The molecule has 2 N–H and O–H groups in total. The van der Waals surface area contributed by atoms with E-state index in [0.717, 1.165) is 43.4 Å². The molecule has 3 rings (SSSR count). The number of pyridine rings is 1. The molecule has 6 nitrogen and oxygen atoms in total. The highest BCUT2D eigenvalue weighted by Crippen LogP contribution is 2.29. The smallest absolute Gasteiger partial charge is 0.306 e. The van der Waals surface area contributed by atoms with Gasteiger partial charge in [-0.1, -0.05) is 12.1 Å². The average Bonchev–Trinajstić information content (AvgIpc) is 2.71. The van der Waals surface area contributed by atoms with Crippen LogP contribution in [0, 0.1) is 5.92 Å². The van der Waals surface area contributed by atoms with Crippen LogP contribution in [-0.2, 0) is 17.9 Å². The largest absolute Gasteiger partial charge is 0.493 e. The van der Waals surface area contributed by atoms with Crippen LogP contribution in [0.5, 0.6) is 11.5 Å². The Kier molecular flexibility index (Phi) is 6.65. The fourth-order valence-electron chi connectivity index (χ4n) is 3.40. The van der Waals surface area contributed by atoms with Gasteiger partial charge in [0.2, 0.25) is 0 Å². The molecule has 6 heteroatoms. The SMILES string of the molecule is COc1ccc(CNC2CCC(C(=O)O)CC2)cc1OCc1cccnc1. The fourth-order valence-corrected chi connectivity index (χ4v) is 3.40. The van der Waals surface area contributed by atoms with Crippen LogP contribution in [0.4, 0.5) is 0 Å². The van der Waals surface area contributed by atoms with Crippen molar-refractivity contribution in [3.63, 3.8) is 0 Å². The van der Waals surface area contributed by atoms with E-state index < -0.39 is 5.97 Å². The lowest BCUT2D eigenvalue weighted by Crippen LogP contribution is -2.34. The zero-order valence-corrected chi connectivity index (χ0v) is 15.6. The maximum Gasteiger partial charge on any atom is 0.306 e. The molecule has 0 amide bonds. The molecule has 1 aliphatic rings. The molecule has 1 saturated carbocycles. The van der Waals surface area contributed by atoms with E-state index in [1.54, 1.807) is 19.5 Å². The average molecular weight is 370 g/mol. The molecule has 0 aliphatic heterocycles. The van der Waals surface area contributed by atoms with E-state index in [2.05, 4.69) is 10.3 Å². The number of aliphatic carboxylic acids is 1. The van der Waals surface area contributed by atoms with E-state index in [4.69, 9.17) is 14.6 Å². The molecule has 0 saturated heterocycles. The van der Waals surface area contributed by atoms with Crippen molar-refractivity contribution in [2.75, 3.05) is 7.11 Å². The quantitative estimate of drug-likeness (QED) is 0.741. The van der Waals surface area contributed by atoms with Crippen LogP contribution < -0.4 is 14.8 Å². The predicted molar refractivity (Wildman–Crippen MR) is 102 cm³/mol. The summed E-state index contributed by atoms with van der Waals surface area (Å²) in [5.74, 6) is 0.551. The van der Waals surface area contributed by atoms with Gasteiger partial charge in [-0.3, -0.25) is 9.78 Å². The molecule has 1 aromatic heterocycles. The summed E-state index contributed by atoms with van der Waals surface area (Å²) < 4.78 is 11.3. The molecule has 27 heavy (non-hydrogen) atoms. The summed E-state index contributed by atoms with van der Waals surface area (Å²) in [6.07, 6.45) is 6.81. The van der Waals surface area contributed by atoms with Gasteiger partial charge >= 0.3 is 5.97 Å². The molecule has 1 aromatic carbocycles. The second kappa shape index (κ2) is 9.37. The first-order valence-electron chi connectivity index (χ1n) is 9.30. The minimum Gasteiger partial charge on any atom is -0.493 e. The summed E-state index contributed by atoms with van der Waals surface area (Å²) in [5.41, 5.74) is 2.11. The van der Waals surface area contributed by atoms with Gasteiger partial charge in [0.25, 0.3) is 0 Å². The number of carbonyl (C=O) groups is 1. The lowest BCUT2D eigenvalue weighted by Gasteiger charge is -2.27. The van der Waals surface area contributed by atoms with Crippen LogP contribution in [0.1, 0.15) is 36.8 Å². The van der Waals surface area contributed by atoms with Crippen molar-refractivity contribution < 1.29 is 19.4 Å². The third-order valence-corrected chi connectivity index (χ3v) is 5.02. The highest BCUT2D eigenvalue weighted by Gasteiger charge is 2.25. The van der Waals surface area contributed by atoms with Gasteiger partial charge in [0.15, 0.2) is 11.5 Å². The minimum absolute atomic E-state index is 0.184. The van der Waals surface area contributed by atoms with Crippen LogP contribution in [0.25, 0.3) is 0 Å². The molecule has 1 aliphatic carbocycles. The first kappa shape index (κ1) is 19.2. The number of nitrogens with zero attached hydrogens (tertiary/aromatic N) is 1. The molecule has 144 valence electrons. The van der Waals surface area contributed by atoms with Gasteiger partial charge in [-0.05, 0) is 49.4 Å². The van der Waals surface area contributed by atoms with Crippen LogP contribution >= 0.6 is 0 Å². The highest BCUT2D eigenvalue weighted by atomic mass is 16.5. The maximum atomic E-state index is 11.1. The zero-order valence-electron chi connectivity index (χ0n) is 15.6. The van der Waals surface area contributed by atoms with Gasteiger partial charge < -0.3 is 19.9 Å². The number of benzene rings is 1. The van der Waals surface area contributed by atoms with E-state index in [9.17, 15) is 4.79 Å². The normalized spacial score (nSPS) is 19.4. The van der Waals surface area contributed by atoms with Crippen LogP contribution in [0.3, 0.4) is 0 Å². The topological polar surface area (TPSA) is 80.7 Å². The van der Waals surface area contributed by atoms with E-state index in [-0.39, 0.29) is 5.92 Å². The molecular formula is C21H26N2O4. The van der Waals surface area contributed by atoms with E-state index in [0.29, 0.717) is 24.1 Å². The molecule has 0 atom stereocenters. The van der Waals surface area contributed by atoms with E-state index >= 15 is 0 Å². The number of methoxy groups -OCH3 is 1. The molecule has 2 aromatic rings. The summed E-state index contributed by atoms with van der Waals surface area (Å²) in [6, 6.07) is 10.1. The number of aromatic nitrogens is 1. The van der Waals surface area contributed by atoms with E-state index in [1.807, 2.05) is 30.3 Å². The van der Waals surface area contributed by atoms with Gasteiger partial charge in [-0.25, -0.2) is 0 Å². The molecule has 0 radical (unpaired) electrons. The lowest BCUT2D eigenvalue weighted by atomic mass is 9.86. The molecule has 1 heterocycles. The number of hydrogen-bond donors (Lipinski definition) is 2. The van der Waals surface area contributed by atoms with Crippen LogP contribution in [0.15, 0.2) is 42.7 Å². The maximum absolute atomic E-state index is 11.1. The first-order valence-corrected chi connectivity index (χ1v) is 9.30. The Balaban J connectivity index is 1.55. The van der Waals surface area contributed by atoms with Gasteiger partial charge in [-0.15, -0.1) is 0 Å². The second-order valence-corrected chi connectivity index (χ2v) is 6.90. The van der Waals surface area contributed by atoms with Crippen molar-refractivity contribution in [2.45, 2.75) is 44.9 Å². The van der Waals surface area contributed by atoms with Gasteiger partial charge in [-0.2, -0.15) is 0 Å². The standard InChI is InChI=1S/C21H26N2O4/c1-26-19-9-4-15(11-20(19)27-14-16-3-2-10-22-12-16)13-23-18-7-5-17(6-8-18)21(24)25/h2-4,9-12,17-18,23H,5-8,13-14H2,1H3,(H,24,25). The second-order valence-electron chi connectivity index (χ2n) is 6.90. The van der Waals surface area contributed by atoms with Crippen LogP contribution in [-0.4, -0.2) is 29.2 Å². The minimum atomic E-state index is -0.668. The Morgan fingerprint density at radius 3 is 2.67 bits per heavy atom. The Labute approximate surface area is 159 Å². The van der Waals surface area contributed by atoms with Crippen molar-refractivity contribution >= 4 is 5.97 Å². The monoisotopic (exact) mass is 370 g/mol. The van der Waals surface area contributed by atoms with Crippen LogP contribution in [0.2, 0.25) is 0 Å². The van der Waals surface area contributed by atoms with Crippen molar-refractivity contribution in [1.29, 1.82) is 0 Å². The highest BCUT2D eigenvalue weighted by molar-refractivity contribution is 5.70. The van der Waals surface area contributed by atoms with Gasteiger partial charge in [0.05, 0.1) is 13.0 Å². The number of ether oxygens (including phenoxy) is 2. The number of rotatable bonds is 8. The van der Waals surface area contributed by atoms with Crippen molar-refractivity contribution in [2.24, 2.45) is 5.92 Å². The Bertz CT molecular complexity index is 743. The number of carboxylic acid groups (broad SMARTS) is 1. The van der Waals surface area contributed by atoms with Crippen molar-refractivity contribution in [1.82, 2.24) is 10.3 Å². The summed E-state index contributed by atoms with van der Waals surface area (Å²) in [5, 5.41) is 12.6. The molecule has 0 unspecified atom stereocenters. The Morgan fingerprint density at radius 2 is 2.00 bits per heavy atom. The lowest BCUT2D eigenvalue weighted by molar-refractivity contribution is -0.142. The third kappa shape index (κ3) is 5.44. The summed E-state index contributed by atoms with van der Waals surface area (Å²) in [7, 11) is 1.63. The van der Waals surface area contributed by atoms with Gasteiger partial charge in [0, 0.05) is 30.5 Å². The molecule has 1 fully saturated rings. The van der Waals surface area contributed by atoms with Crippen molar-refractivity contribution in [3.05, 3.63) is 53.9 Å². The Hall–Kier alpha value is -2.60. The zero-order chi connectivity index (χ0) is 19.1. The van der Waals surface area contributed by atoms with Crippen molar-refractivity contribution in [3.8, 4) is 11.5 Å². The first-order chi connectivity index (χ1) is 13.2. The van der Waals surface area contributed by atoms with E-state index in [1.165, 1.54) is 0 Å².